The van der Waals surface area contributed by atoms with Crippen LogP contribution in [-0.2, 0) is 43.5 Å². The minimum absolute atomic E-state index is 0.0115. The van der Waals surface area contributed by atoms with Gasteiger partial charge in [0.2, 0.25) is 0 Å². The van der Waals surface area contributed by atoms with Crippen LogP contribution in [0.4, 0.5) is 4.79 Å². The molecule has 0 bridgehead atoms. The highest BCUT2D eigenvalue weighted by Crippen LogP contribution is 2.56. The fraction of sp³-hybridized carbons (Fsp3) is 0.261. The largest absolute Gasteiger partial charge is 0.508 e. The maximum Gasteiger partial charge on any atom is 0.508 e. The molecule has 57 heavy (non-hydrogen) atoms. The predicted octanol–water partition coefficient (Wildman–Crippen LogP) is 7.83. The summed E-state index contributed by atoms with van der Waals surface area (Å²) in [7, 11) is 1.25. The summed E-state index contributed by atoms with van der Waals surface area (Å²) in [4.78, 5) is 47.5. The average Bonchev–Trinajstić information content (AvgIpc) is 3.55. The second-order valence-corrected chi connectivity index (χ2v) is 13.4. The number of rotatable bonds is 16. The highest BCUT2D eigenvalue weighted by molar-refractivity contribution is 5.93. The van der Waals surface area contributed by atoms with E-state index in [0.29, 0.717) is 37.2 Å². The number of carbonyl (C=O) groups excluding carboxylic acids is 4. The van der Waals surface area contributed by atoms with Crippen molar-refractivity contribution in [3.05, 3.63) is 156 Å². The van der Waals surface area contributed by atoms with Crippen LogP contribution in [-0.4, -0.2) is 69.8 Å². The third-order valence-corrected chi connectivity index (χ3v) is 9.89. The van der Waals surface area contributed by atoms with Crippen molar-refractivity contribution in [1.29, 1.82) is 0 Å². The molecular formula is C46H44O11. The van der Waals surface area contributed by atoms with Gasteiger partial charge in [0, 0.05) is 12.2 Å². The Morgan fingerprint density at radius 2 is 1.12 bits per heavy atom. The lowest BCUT2D eigenvalue weighted by Gasteiger charge is -2.34. The first-order valence-corrected chi connectivity index (χ1v) is 18.7. The number of fused-ring (bicyclic) bond motifs is 3. The van der Waals surface area contributed by atoms with Gasteiger partial charge in [0.15, 0.2) is 0 Å². The molecule has 4 aromatic carbocycles. The highest BCUT2D eigenvalue weighted by Gasteiger charge is 2.45. The minimum Gasteiger partial charge on any atom is -0.490 e. The Morgan fingerprint density at radius 3 is 1.63 bits per heavy atom. The van der Waals surface area contributed by atoms with Crippen molar-refractivity contribution < 1.29 is 52.3 Å². The molecule has 6 rings (SSSR count). The molecule has 0 unspecified atom stereocenters. The van der Waals surface area contributed by atoms with Crippen molar-refractivity contribution in [3.8, 4) is 22.6 Å². The van der Waals surface area contributed by atoms with Crippen LogP contribution < -0.4 is 9.47 Å². The second-order valence-electron chi connectivity index (χ2n) is 13.4. The zero-order valence-corrected chi connectivity index (χ0v) is 31.7. The summed E-state index contributed by atoms with van der Waals surface area (Å²) in [6, 6.07) is 32.7. The van der Waals surface area contributed by atoms with Gasteiger partial charge in [-0.25, -0.2) is 19.2 Å². The summed E-state index contributed by atoms with van der Waals surface area (Å²) in [6.45, 7) is 7.48. The Hall–Kier alpha value is -6.62. The molecular weight excluding hydrogens is 728 g/mol. The first kappa shape index (κ1) is 40.1. The van der Waals surface area contributed by atoms with E-state index < -0.39 is 29.5 Å². The van der Waals surface area contributed by atoms with Crippen molar-refractivity contribution >= 4 is 24.1 Å². The van der Waals surface area contributed by atoms with Gasteiger partial charge >= 0.3 is 24.1 Å². The summed E-state index contributed by atoms with van der Waals surface area (Å²) >= 11 is 0. The summed E-state index contributed by atoms with van der Waals surface area (Å²) in [5.41, 5.74) is 6.03. The molecule has 0 aromatic heterocycles. The van der Waals surface area contributed by atoms with Gasteiger partial charge in [-0.1, -0.05) is 86.0 Å². The topological polar surface area (TPSA) is 133 Å². The molecule has 2 aliphatic rings. The summed E-state index contributed by atoms with van der Waals surface area (Å²) < 4.78 is 37.3. The molecule has 0 spiro atoms. The maximum absolute atomic E-state index is 12.5. The van der Waals surface area contributed by atoms with Crippen LogP contribution in [0, 0.1) is 0 Å². The monoisotopic (exact) mass is 772 g/mol. The van der Waals surface area contributed by atoms with Crippen LogP contribution in [0.3, 0.4) is 0 Å². The predicted molar refractivity (Wildman–Crippen MR) is 211 cm³/mol. The highest BCUT2D eigenvalue weighted by atomic mass is 16.7. The number of benzene rings is 4. The van der Waals surface area contributed by atoms with Crippen molar-refractivity contribution in [2.75, 3.05) is 33.5 Å². The van der Waals surface area contributed by atoms with E-state index in [4.69, 9.17) is 28.4 Å². The molecule has 4 aromatic rings. The van der Waals surface area contributed by atoms with Crippen LogP contribution in [0.25, 0.3) is 11.1 Å². The third-order valence-electron chi connectivity index (χ3n) is 9.89. The third kappa shape index (κ3) is 9.44. The molecule has 294 valence electrons. The van der Waals surface area contributed by atoms with Gasteiger partial charge in [-0.3, -0.25) is 0 Å². The lowest BCUT2D eigenvalue weighted by molar-refractivity contribution is -0.145. The number of ether oxygens (including phenoxy) is 7. The smallest absolute Gasteiger partial charge is 0.490 e. The Bertz CT molecular complexity index is 2060. The zero-order chi connectivity index (χ0) is 40.2. The van der Waals surface area contributed by atoms with Crippen LogP contribution >= 0.6 is 0 Å². The van der Waals surface area contributed by atoms with E-state index in [2.05, 4.69) is 66.4 Å². The molecule has 0 N–H and O–H groups in total. The van der Waals surface area contributed by atoms with E-state index >= 15 is 0 Å². The quantitative estimate of drug-likeness (QED) is 0.0320. The normalized spacial score (nSPS) is 16.3. The van der Waals surface area contributed by atoms with Gasteiger partial charge in [0.05, 0.1) is 18.1 Å². The van der Waals surface area contributed by atoms with Crippen LogP contribution in [0.5, 0.6) is 11.5 Å². The van der Waals surface area contributed by atoms with E-state index in [-0.39, 0.29) is 44.2 Å². The van der Waals surface area contributed by atoms with E-state index in [1.807, 2.05) is 48.5 Å². The fourth-order valence-corrected chi connectivity index (χ4v) is 7.27. The van der Waals surface area contributed by atoms with E-state index in [1.165, 1.54) is 13.2 Å². The number of esters is 3. The first-order valence-electron chi connectivity index (χ1n) is 18.7. The summed E-state index contributed by atoms with van der Waals surface area (Å²) in [5.74, 6) is -0.547. The van der Waals surface area contributed by atoms with Gasteiger partial charge in [0.25, 0.3) is 0 Å². The maximum atomic E-state index is 12.5. The lowest BCUT2D eigenvalue weighted by Crippen LogP contribution is -2.29. The van der Waals surface area contributed by atoms with Gasteiger partial charge in [-0.2, -0.15) is 0 Å². The molecule has 2 aliphatic carbocycles. The van der Waals surface area contributed by atoms with E-state index in [1.54, 1.807) is 0 Å². The minimum atomic E-state index is -0.730. The molecule has 0 radical (unpaired) electrons. The first-order chi connectivity index (χ1) is 27.7. The average molecular weight is 773 g/mol. The Balaban J connectivity index is 1.06. The van der Waals surface area contributed by atoms with Crippen molar-refractivity contribution in [2.24, 2.45) is 0 Å². The SMILES string of the molecule is C=CC(=O)OCCOc1ccc(C2(c3ccc(OCCOC(=O)C(=C)/C=C/C(=O)OC4CCC(OC(=O)OC)CC4)cc3)c3ccccc3-c3ccccc32)cc1. The number of hydrogen-bond acceptors (Lipinski definition) is 11. The Kier molecular flexibility index (Phi) is 13.2. The fourth-order valence-electron chi connectivity index (χ4n) is 7.27. The van der Waals surface area contributed by atoms with Crippen molar-refractivity contribution in [2.45, 2.75) is 43.3 Å². The van der Waals surface area contributed by atoms with Crippen molar-refractivity contribution in [1.82, 2.24) is 0 Å². The molecule has 0 aliphatic heterocycles. The van der Waals surface area contributed by atoms with Crippen LogP contribution in [0.2, 0.25) is 0 Å². The number of methoxy groups -OCH3 is 1. The molecule has 0 amide bonds. The molecule has 0 saturated heterocycles. The lowest BCUT2D eigenvalue weighted by atomic mass is 9.68. The zero-order valence-electron chi connectivity index (χ0n) is 31.7. The number of carbonyl (C=O) groups is 4. The molecule has 1 fully saturated rings. The molecule has 0 atom stereocenters. The summed E-state index contributed by atoms with van der Waals surface area (Å²) in [6.07, 6.45) is 4.39. The number of hydrogen-bond donors (Lipinski definition) is 0. The van der Waals surface area contributed by atoms with Gasteiger partial charge in [-0.05, 0) is 89.4 Å². The summed E-state index contributed by atoms with van der Waals surface area (Å²) in [5, 5.41) is 0. The molecule has 11 heteroatoms. The van der Waals surface area contributed by atoms with Gasteiger partial charge in [0.1, 0.15) is 50.1 Å². The molecule has 11 nitrogen and oxygen atoms in total. The van der Waals surface area contributed by atoms with Gasteiger partial charge in [-0.15, -0.1) is 0 Å². The van der Waals surface area contributed by atoms with E-state index in [0.717, 1.165) is 45.5 Å². The Morgan fingerprint density at radius 1 is 0.632 bits per heavy atom. The standard InChI is InChI=1S/C46H44O11/c1-4-42(47)54-29-27-52-34-18-14-32(15-19-34)46(40-11-7-5-9-38(40)39-10-6-8-12-41(39)46)33-16-20-35(21-17-33)53-28-30-55-44(49)31(2)13-26-43(48)56-36-22-24-37(25-23-36)57-45(50)51-3/h4-21,26,36-37H,1-2,22-25,27-30H2,3H3/b26-13+. The molecule has 1 saturated carbocycles. The van der Waals surface area contributed by atoms with Crippen molar-refractivity contribution in [3.63, 3.8) is 0 Å². The van der Waals surface area contributed by atoms with Gasteiger partial charge < -0.3 is 33.2 Å². The van der Waals surface area contributed by atoms with Crippen LogP contribution in [0.1, 0.15) is 47.9 Å². The van der Waals surface area contributed by atoms with E-state index in [9.17, 15) is 19.2 Å². The Labute approximate surface area is 331 Å². The second kappa shape index (κ2) is 18.8. The van der Waals surface area contributed by atoms with Crippen LogP contribution in [0.15, 0.2) is 134 Å². The molecule has 0 heterocycles.